The van der Waals surface area contributed by atoms with E-state index >= 15 is 0 Å². The quantitative estimate of drug-likeness (QED) is 0.712. The summed E-state index contributed by atoms with van der Waals surface area (Å²) in [7, 11) is 0. The van der Waals surface area contributed by atoms with Gasteiger partial charge in [0.1, 0.15) is 5.82 Å². The second-order valence-electron chi connectivity index (χ2n) is 3.42. The molecule has 0 unspecified atom stereocenters. The van der Waals surface area contributed by atoms with Crippen molar-refractivity contribution in [2.75, 3.05) is 0 Å². The topological polar surface area (TPSA) is 26.0 Å². The van der Waals surface area contributed by atoms with Crippen molar-refractivity contribution < 1.29 is 4.39 Å². The van der Waals surface area contributed by atoms with Crippen LogP contribution < -0.4 is 5.73 Å². The highest BCUT2D eigenvalue weighted by Gasteiger charge is 2.29. The largest absolute Gasteiger partial charge is 0.324 e. The van der Waals surface area contributed by atoms with E-state index in [9.17, 15) is 4.39 Å². The van der Waals surface area contributed by atoms with E-state index in [1.165, 1.54) is 25.0 Å². The first-order chi connectivity index (χ1) is 5.77. The Bertz CT molecular complexity index is 281. The Kier molecular flexibility index (Phi) is 1.85. The molecule has 1 aromatic rings. The molecule has 2 rings (SSSR count). The third kappa shape index (κ3) is 1.48. The van der Waals surface area contributed by atoms with Crippen LogP contribution in [0.3, 0.4) is 0 Å². The Morgan fingerprint density at radius 2 is 2.17 bits per heavy atom. The monoisotopic (exact) mass is 164 g/mol. The average Bonchev–Trinajstić information content (AvgIpc) is 2.85. The highest BCUT2D eigenvalue weighted by molar-refractivity contribution is 5.21. The van der Waals surface area contributed by atoms with Crippen molar-refractivity contribution in [1.82, 2.24) is 0 Å². The van der Waals surface area contributed by atoms with Crippen molar-refractivity contribution >= 4 is 0 Å². The van der Waals surface area contributed by atoms with Crippen molar-refractivity contribution in [2.45, 2.75) is 18.9 Å². The molecule has 0 aliphatic heterocycles. The molecule has 2 heteroatoms. The van der Waals surface area contributed by atoms with Gasteiger partial charge in [-0.1, -0.05) is 12.1 Å². The molecule has 0 saturated heterocycles. The van der Waals surface area contributed by atoms with Crippen molar-refractivity contribution in [3.8, 4) is 0 Å². The molecule has 0 heterocycles. The smallest absolute Gasteiger partial charge is 0.123 e. The summed E-state index contributed by atoms with van der Waals surface area (Å²) in [6, 6.07) is 6.63. The van der Waals surface area contributed by atoms with Crippen molar-refractivity contribution in [1.29, 1.82) is 0 Å². The number of hydrogen-bond donors (Lipinski definition) is 1. The van der Waals surface area contributed by atoms with Gasteiger partial charge < -0.3 is 5.73 Å². The molecule has 0 bridgehead atoms. The Balaban J connectivity index is 2.20. The Morgan fingerprint density at radius 1 is 1.42 bits per heavy atom. The second-order valence-corrected chi connectivity index (χ2v) is 3.42. The molecule has 0 spiro atoms. The van der Waals surface area contributed by atoms with Gasteiger partial charge >= 0.3 is 0 Å². The molecule has 12 heavy (non-hydrogen) atoms. The lowest BCUT2D eigenvalue weighted by Crippen LogP contribution is -2.12. The summed E-state index contributed by atoms with van der Waals surface area (Å²) in [5.41, 5.74) is 6.83. The summed E-state index contributed by atoms with van der Waals surface area (Å²) in [6.07, 6.45) is 2.38. The van der Waals surface area contributed by atoms with E-state index < -0.39 is 0 Å². The molecule has 1 fully saturated rings. The summed E-state index contributed by atoms with van der Waals surface area (Å²) in [5.74, 6) is 0.399. The van der Waals surface area contributed by atoms with Crippen LogP contribution in [0.1, 0.15) is 24.4 Å². The van der Waals surface area contributed by atoms with Gasteiger partial charge in [0.05, 0.1) is 0 Å². The van der Waals surface area contributed by atoms with Crippen LogP contribution >= 0.6 is 0 Å². The molecule has 0 radical (unpaired) electrons. The molecule has 1 saturated carbocycles. The lowest BCUT2D eigenvalue weighted by Gasteiger charge is -2.09. The normalized spacial score (nSPS) is 19.2. The van der Waals surface area contributed by atoms with Gasteiger partial charge in [-0.15, -0.1) is 0 Å². The highest BCUT2D eigenvalue weighted by Crippen LogP contribution is 2.39. The molecule has 1 aromatic carbocycles. The third-order valence-electron chi connectivity index (χ3n) is 2.36. The van der Waals surface area contributed by atoms with E-state index in [4.69, 9.17) is 5.73 Å². The summed E-state index contributed by atoms with van der Waals surface area (Å²) in [6.45, 7) is 0. The summed E-state index contributed by atoms with van der Waals surface area (Å²) < 4.78 is 12.8. The molecular formula is C10H12FN. The van der Waals surface area contributed by atoms with E-state index in [2.05, 4.69) is 0 Å². The fourth-order valence-corrected chi connectivity index (χ4v) is 1.44. The molecule has 0 aromatic heterocycles. The Hall–Kier alpha value is -0.890. The maximum absolute atomic E-state index is 12.8. The van der Waals surface area contributed by atoms with Crippen LogP contribution in [0, 0.1) is 11.7 Å². The van der Waals surface area contributed by atoms with Gasteiger partial charge in [-0.25, -0.2) is 4.39 Å². The Labute approximate surface area is 71.4 Å². The summed E-state index contributed by atoms with van der Waals surface area (Å²) in [4.78, 5) is 0. The van der Waals surface area contributed by atoms with Crippen molar-refractivity contribution in [3.05, 3.63) is 35.6 Å². The molecule has 1 aliphatic carbocycles. The lowest BCUT2D eigenvalue weighted by atomic mass is 10.0. The predicted octanol–water partition coefficient (Wildman–Crippen LogP) is 2.24. The minimum absolute atomic E-state index is 0.0423. The van der Waals surface area contributed by atoms with Crippen LogP contribution in [0.5, 0.6) is 0 Å². The maximum atomic E-state index is 12.8. The third-order valence-corrected chi connectivity index (χ3v) is 2.36. The highest BCUT2D eigenvalue weighted by atomic mass is 18.2. The SMILES string of the molecule is N[C@H](c1cccc([18F])c1)C1CC1. The van der Waals surface area contributed by atoms with Crippen LogP contribution in [-0.2, 0) is 0 Å². The number of halogens is 1. The fraction of sp³-hybridized carbons (Fsp3) is 0.400. The predicted molar refractivity (Wildman–Crippen MR) is 46.1 cm³/mol. The number of benzene rings is 1. The molecule has 2 N–H and O–H groups in total. The summed E-state index contributed by atoms with van der Waals surface area (Å²) >= 11 is 0. The van der Waals surface area contributed by atoms with Crippen LogP contribution in [0.4, 0.5) is 4.39 Å². The van der Waals surface area contributed by atoms with Gasteiger partial charge in [-0.3, -0.25) is 0 Å². The van der Waals surface area contributed by atoms with Crippen molar-refractivity contribution in [3.63, 3.8) is 0 Å². The van der Waals surface area contributed by atoms with Gasteiger partial charge in [0.2, 0.25) is 0 Å². The minimum atomic E-state index is -0.191. The minimum Gasteiger partial charge on any atom is -0.324 e. The average molecular weight is 164 g/mol. The molecule has 1 aliphatic rings. The molecule has 64 valence electrons. The van der Waals surface area contributed by atoms with E-state index in [0.717, 1.165) is 5.56 Å². The van der Waals surface area contributed by atoms with Gasteiger partial charge in [0.25, 0.3) is 0 Å². The van der Waals surface area contributed by atoms with Crippen molar-refractivity contribution in [2.24, 2.45) is 11.7 Å². The van der Waals surface area contributed by atoms with Crippen LogP contribution in [0.15, 0.2) is 24.3 Å². The summed E-state index contributed by atoms with van der Waals surface area (Å²) in [5, 5.41) is 0. The zero-order valence-electron chi connectivity index (χ0n) is 6.83. The van der Waals surface area contributed by atoms with Gasteiger partial charge in [-0.05, 0) is 36.5 Å². The first-order valence-corrected chi connectivity index (χ1v) is 4.28. The van der Waals surface area contributed by atoms with Gasteiger partial charge in [-0.2, -0.15) is 0 Å². The first kappa shape index (κ1) is 7.74. The van der Waals surface area contributed by atoms with E-state index in [1.54, 1.807) is 6.07 Å². The van der Waals surface area contributed by atoms with E-state index in [1.807, 2.05) is 6.07 Å². The van der Waals surface area contributed by atoms with Crippen LogP contribution in [-0.4, -0.2) is 0 Å². The Morgan fingerprint density at radius 3 is 2.75 bits per heavy atom. The number of rotatable bonds is 2. The molecule has 0 amide bonds. The molecular weight excluding hydrogens is 152 g/mol. The zero-order chi connectivity index (χ0) is 8.55. The zero-order valence-corrected chi connectivity index (χ0v) is 6.83. The molecule has 1 atom stereocenters. The van der Waals surface area contributed by atoms with Crippen LogP contribution in [0.25, 0.3) is 0 Å². The fourth-order valence-electron chi connectivity index (χ4n) is 1.44. The standard InChI is InChI=1S/C10H12FN/c11-9-3-1-2-8(6-9)10(12)7-4-5-7/h1-3,6-7,10H,4-5,12H2/t10-/m0/s1/i11-1. The lowest BCUT2D eigenvalue weighted by molar-refractivity contribution is 0.602. The van der Waals surface area contributed by atoms with Gasteiger partial charge in [0, 0.05) is 6.04 Å². The first-order valence-electron chi connectivity index (χ1n) is 4.28. The molecule has 1 nitrogen and oxygen atoms in total. The second kappa shape index (κ2) is 2.87. The van der Waals surface area contributed by atoms with Gasteiger partial charge in [0.15, 0.2) is 0 Å². The number of nitrogens with two attached hydrogens (primary N) is 1. The van der Waals surface area contributed by atoms with Crippen LogP contribution in [0.2, 0.25) is 0 Å². The maximum Gasteiger partial charge on any atom is 0.123 e. The van der Waals surface area contributed by atoms with E-state index in [-0.39, 0.29) is 11.9 Å². The number of hydrogen-bond acceptors (Lipinski definition) is 1. The van der Waals surface area contributed by atoms with E-state index in [0.29, 0.717) is 5.92 Å².